The van der Waals surface area contributed by atoms with Crippen LogP contribution in [0.2, 0.25) is 0 Å². The van der Waals surface area contributed by atoms with E-state index in [4.69, 9.17) is 4.42 Å². The summed E-state index contributed by atoms with van der Waals surface area (Å²) in [4.78, 5) is 0.245. The van der Waals surface area contributed by atoms with Crippen molar-refractivity contribution in [1.29, 1.82) is 0 Å². The van der Waals surface area contributed by atoms with Gasteiger partial charge in [0.05, 0.1) is 11.4 Å². The molecule has 116 valence electrons. The zero-order valence-electron chi connectivity index (χ0n) is 13.2. The van der Waals surface area contributed by atoms with E-state index in [2.05, 4.69) is 9.82 Å². The first-order chi connectivity index (χ1) is 9.63. The molecule has 0 saturated carbocycles. The van der Waals surface area contributed by atoms with Crippen LogP contribution in [-0.4, -0.2) is 18.2 Å². The number of nitrogens with one attached hydrogen (secondary N) is 1. The number of nitrogens with zero attached hydrogens (tertiary/aromatic N) is 2. The Bertz CT molecular complexity index is 772. The van der Waals surface area contributed by atoms with Gasteiger partial charge in [-0.15, -0.1) is 0 Å². The lowest BCUT2D eigenvalue weighted by Crippen LogP contribution is -2.28. The van der Waals surface area contributed by atoms with Crippen molar-refractivity contribution in [1.82, 2.24) is 14.5 Å². The summed E-state index contributed by atoms with van der Waals surface area (Å²) in [7, 11) is -1.90. The summed E-state index contributed by atoms with van der Waals surface area (Å²) in [6.45, 7) is 8.91. The van der Waals surface area contributed by atoms with Gasteiger partial charge in [0.25, 0.3) is 0 Å². The second-order valence-corrected chi connectivity index (χ2v) is 6.99. The van der Waals surface area contributed by atoms with Crippen molar-refractivity contribution in [2.24, 2.45) is 7.05 Å². The lowest BCUT2D eigenvalue weighted by molar-refractivity contribution is 0.496. The van der Waals surface area contributed by atoms with Gasteiger partial charge in [0.15, 0.2) is 0 Å². The molecule has 2 aromatic rings. The van der Waals surface area contributed by atoms with Crippen LogP contribution in [0, 0.1) is 27.7 Å². The molecular weight excluding hydrogens is 290 g/mol. The summed E-state index contributed by atoms with van der Waals surface area (Å²) in [5, 5.41) is 4.16. The lowest BCUT2D eigenvalue weighted by atomic mass is 10.1. The fourth-order valence-electron chi connectivity index (χ4n) is 2.58. The maximum absolute atomic E-state index is 12.6. The molecular formula is C14H21N3O3S. The van der Waals surface area contributed by atoms with Gasteiger partial charge in [0.2, 0.25) is 10.0 Å². The Hall–Kier alpha value is -1.60. The van der Waals surface area contributed by atoms with Crippen LogP contribution in [0.15, 0.2) is 15.4 Å². The van der Waals surface area contributed by atoms with Crippen LogP contribution in [0.3, 0.4) is 0 Å². The summed E-state index contributed by atoms with van der Waals surface area (Å²) in [5.41, 5.74) is 1.96. The van der Waals surface area contributed by atoms with Crippen molar-refractivity contribution in [3.8, 4) is 0 Å². The third-order valence-electron chi connectivity index (χ3n) is 3.59. The molecule has 2 aromatic heterocycles. The fourth-order valence-corrected chi connectivity index (χ4v) is 4.24. The highest BCUT2D eigenvalue weighted by Gasteiger charge is 2.26. The minimum absolute atomic E-state index is 0.245. The molecule has 1 N–H and O–H groups in total. The highest BCUT2D eigenvalue weighted by molar-refractivity contribution is 7.89. The number of furan rings is 1. The van der Waals surface area contributed by atoms with Gasteiger partial charge in [0.1, 0.15) is 16.4 Å². The Morgan fingerprint density at radius 3 is 2.33 bits per heavy atom. The molecule has 0 unspecified atom stereocenters. The van der Waals surface area contributed by atoms with Gasteiger partial charge in [-0.3, -0.25) is 4.68 Å². The maximum atomic E-state index is 12.6. The largest absolute Gasteiger partial charge is 0.466 e. The highest BCUT2D eigenvalue weighted by Crippen LogP contribution is 2.25. The van der Waals surface area contributed by atoms with Gasteiger partial charge < -0.3 is 4.42 Å². The molecule has 0 radical (unpaired) electrons. The Labute approximate surface area is 125 Å². The van der Waals surface area contributed by atoms with Gasteiger partial charge in [0, 0.05) is 18.7 Å². The molecule has 0 saturated heterocycles. The number of rotatable bonds is 4. The number of sulfonamides is 1. The molecule has 0 spiro atoms. The van der Waals surface area contributed by atoms with Crippen LogP contribution in [0.1, 0.15) is 41.4 Å². The zero-order chi connectivity index (χ0) is 15.9. The van der Waals surface area contributed by atoms with Gasteiger partial charge in [-0.1, -0.05) is 0 Å². The first-order valence-electron chi connectivity index (χ1n) is 6.73. The smallest absolute Gasteiger partial charge is 0.244 e. The topological polar surface area (TPSA) is 77.1 Å². The van der Waals surface area contributed by atoms with Crippen molar-refractivity contribution in [3.05, 3.63) is 34.5 Å². The standard InChI is InChI=1S/C14H21N3O3S/c1-8-7-13(12(5)20-8)9(2)16-21(18,19)14-10(3)15-17(6)11(14)4/h7,9,16H,1-6H3/t9-/m0/s1. The van der Waals surface area contributed by atoms with Crippen molar-refractivity contribution in [2.45, 2.75) is 45.6 Å². The summed E-state index contributed by atoms with van der Waals surface area (Å²) in [5.74, 6) is 1.49. The Morgan fingerprint density at radius 2 is 1.90 bits per heavy atom. The first kappa shape index (κ1) is 15.8. The molecule has 0 bridgehead atoms. The predicted molar refractivity (Wildman–Crippen MR) is 79.6 cm³/mol. The summed E-state index contributed by atoms with van der Waals surface area (Å²) >= 11 is 0. The number of hydrogen-bond donors (Lipinski definition) is 1. The Balaban J connectivity index is 2.35. The van der Waals surface area contributed by atoms with Gasteiger partial charge >= 0.3 is 0 Å². The third kappa shape index (κ3) is 2.89. The average molecular weight is 311 g/mol. The normalized spacial score (nSPS) is 13.6. The van der Waals surface area contributed by atoms with Crippen LogP contribution in [0.4, 0.5) is 0 Å². The highest BCUT2D eigenvalue weighted by atomic mass is 32.2. The third-order valence-corrected chi connectivity index (χ3v) is 5.38. The minimum atomic E-state index is -3.63. The van der Waals surface area contributed by atoms with E-state index < -0.39 is 10.0 Å². The number of aromatic nitrogens is 2. The van der Waals surface area contributed by atoms with E-state index in [-0.39, 0.29) is 10.9 Å². The monoisotopic (exact) mass is 311 g/mol. The van der Waals surface area contributed by atoms with Crippen LogP contribution in [0.25, 0.3) is 0 Å². The van der Waals surface area contributed by atoms with E-state index in [1.54, 1.807) is 32.5 Å². The number of hydrogen-bond acceptors (Lipinski definition) is 4. The van der Waals surface area contributed by atoms with Crippen molar-refractivity contribution >= 4 is 10.0 Å². The van der Waals surface area contributed by atoms with E-state index in [1.807, 2.05) is 19.9 Å². The molecule has 0 aliphatic rings. The maximum Gasteiger partial charge on any atom is 0.244 e. The van der Waals surface area contributed by atoms with E-state index in [0.717, 1.165) is 17.1 Å². The molecule has 0 aliphatic heterocycles. The quantitative estimate of drug-likeness (QED) is 0.939. The molecule has 2 heterocycles. The number of aryl methyl sites for hydroxylation is 4. The van der Waals surface area contributed by atoms with E-state index in [1.165, 1.54) is 0 Å². The molecule has 0 aliphatic carbocycles. The SMILES string of the molecule is Cc1cc([C@H](C)NS(=O)(=O)c2c(C)nn(C)c2C)c(C)o1. The van der Waals surface area contributed by atoms with Gasteiger partial charge in [-0.05, 0) is 40.7 Å². The van der Waals surface area contributed by atoms with Crippen molar-refractivity contribution < 1.29 is 12.8 Å². The van der Waals surface area contributed by atoms with Crippen LogP contribution < -0.4 is 4.72 Å². The predicted octanol–water partition coefficient (Wildman–Crippen LogP) is 2.29. The molecule has 7 heteroatoms. The molecule has 1 atom stereocenters. The molecule has 0 fully saturated rings. The molecule has 0 amide bonds. The van der Waals surface area contributed by atoms with Gasteiger partial charge in [-0.25, -0.2) is 13.1 Å². The van der Waals surface area contributed by atoms with Crippen molar-refractivity contribution in [3.63, 3.8) is 0 Å². The lowest BCUT2D eigenvalue weighted by Gasteiger charge is -2.14. The molecule has 6 nitrogen and oxygen atoms in total. The average Bonchev–Trinajstić information content (AvgIpc) is 2.79. The van der Waals surface area contributed by atoms with Gasteiger partial charge in [-0.2, -0.15) is 5.10 Å². The molecule has 21 heavy (non-hydrogen) atoms. The van der Waals surface area contributed by atoms with E-state index in [9.17, 15) is 8.42 Å². The molecule has 0 aromatic carbocycles. The van der Waals surface area contributed by atoms with Crippen LogP contribution >= 0.6 is 0 Å². The first-order valence-corrected chi connectivity index (χ1v) is 8.21. The van der Waals surface area contributed by atoms with Crippen LogP contribution in [0.5, 0.6) is 0 Å². The van der Waals surface area contributed by atoms with E-state index in [0.29, 0.717) is 11.4 Å². The summed E-state index contributed by atoms with van der Waals surface area (Å²) < 4.78 is 34.9. The van der Waals surface area contributed by atoms with E-state index >= 15 is 0 Å². The van der Waals surface area contributed by atoms with Crippen molar-refractivity contribution in [2.75, 3.05) is 0 Å². The van der Waals surface area contributed by atoms with Crippen LogP contribution in [-0.2, 0) is 17.1 Å². The molecule has 2 rings (SSSR count). The second-order valence-electron chi connectivity index (χ2n) is 5.34. The summed E-state index contributed by atoms with van der Waals surface area (Å²) in [6.07, 6.45) is 0. The Morgan fingerprint density at radius 1 is 1.29 bits per heavy atom. The zero-order valence-corrected chi connectivity index (χ0v) is 14.0. The fraction of sp³-hybridized carbons (Fsp3) is 0.500. The Kier molecular flexibility index (Phi) is 3.99. The minimum Gasteiger partial charge on any atom is -0.466 e. The second kappa shape index (κ2) is 5.31. The summed E-state index contributed by atoms with van der Waals surface area (Å²) in [6, 6.07) is 1.48.